The zero-order chi connectivity index (χ0) is 23.7. The molecule has 2 aromatic rings. The highest BCUT2D eigenvalue weighted by Gasteiger charge is 2.35. The number of anilines is 2. The van der Waals surface area contributed by atoms with Crippen molar-refractivity contribution in [1.29, 1.82) is 0 Å². The summed E-state index contributed by atoms with van der Waals surface area (Å²) in [5, 5.41) is 5.37. The molecule has 2 aliphatic carbocycles. The van der Waals surface area contributed by atoms with Crippen molar-refractivity contribution in [1.82, 2.24) is 15.0 Å². The Kier molecular flexibility index (Phi) is 6.49. The zero-order valence-corrected chi connectivity index (χ0v) is 20.4. The normalized spacial score (nSPS) is 23.5. The van der Waals surface area contributed by atoms with E-state index in [2.05, 4.69) is 17.2 Å². The number of nitrogens with one attached hydrogen (secondary N) is 1. The van der Waals surface area contributed by atoms with Gasteiger partial charge in [-0.1, -0.05) is 19.8 Å². The fourth-order valence-electron chi connectivity index (χ4n) is 5.30. The highest BCUT2D eigenvalue weighted by molar-refractivity contribution is 7.13. The molecular formula is C24H32N8OS. The summed E-state index contributed by atoms with van der Waals surface area (Å²) < 4.78 is 0. The number of aliphatic imine (C=N–C) groups is 1. The van der Waals surface area contributed by atoms with Crippen LogP contribution in [0.5, 0.6) is 0 Å². The number of amides is 1. The van der Waals surface area contributed by atoms with Crippen molar-refractivity contribution >= 4 is 40.0 Å². The third-order valence-electron chi connectivity index (χ3n) is 7.15. The van der Waals surface area contributed by atoms with E-state index in [0.717, 1.165) is 62.0 Å². The van der Waals surface area contributed by atoms with Crippen molar-refractivity contribution in [2.24, 2.45) is 22.4 Å². The van der Waals surface area contributed by atoms with E-state index in [-0.39, 0.29) is 11.9 Å². The molecule has 9 nitrogen and oxygen atoms in total. The van der Waals surface area contributed by atoms with Crippen LogP contribution < -0.4 is 21.7 Å². The number of hydrogen-bond donors (Lipinski definition) is 3. The summed E-state index contributed by atoms with van der Waals surface area (Å²) in [4.78, 5) is 33.6. The van der Waals surface area contributed by atoms with Gasteiger partial charge in [0.15, 0.2) is 10.9 Å². The fourth-order valence-corrected chi connectivity index (χ4v) is 5.83. The number of carbonyl (C=O) groups excluding carboxylic acids is 1. The van der Waals surface area contributed by atoms with Crippen LogP contribution in [0.3, 0.4) is 0 Å². The predicted molar refractivity (Wildman–Crippen MR) is 135 cm³/mol. The van der Waals surface area contributed by atoms with E-state index < -0.39 is 0 Å². The molecule has 0 aromatic carbocycles. The van der Waals surface area contributed by atoms with Crippen LogP contribution in [0.25, 0.3) is 0 Å². The standard InChI is InChI=1S/C24H32N8OS/c1-14-8-9-16-20(14)29-23(30-21(16)28-19(26)13-17(25)15-5-2-3-6-15)32-11-4-7-18(32)22(33)31-24-27-10-12-34-24/h10,12-15,18H,2-9,11,25H2,1H3,(H,27,31,33)(H2,26,28,29,30)/b17-13-. The largest absolute Gasteiger partial charge is 0.402 e. The number of nitrogens with two attached hydrogens (primary N) is 2. The summed E-state index contributed by atoms with van der Waals surface area (Å²) in [7, 11) is 0. The van der Waals surface area contributed by atoms with E-state index in [1.165, 1.54) is 24.2 Å². The number of nitrogens with zero attached hydrogens (tertiary/aromatic N) is 5. The Morgan fingerprint density at radius 2 is 2.03 bits per heavy atom. The Hall–Kier alpha value is -3.01. The van der Waals surface area contributed by atoms with E-state index in [1.807, 2.05) is 10.3 Å². The minimum absolute atomic E-state index is 0.0820. The second-order valence-corrected chi connectivity index (χ2v) is 10.4. The van der Waals surface area contributed by atoms with Crippen molar-refractivity contribution in [2.75, 3.05) is 16.8 Å². The van der Waals surface area contributed by atoms with Crippen LogP contribution in [0, 0.1) is 5.92 Å². The third-order valence-corrected chi connectivity index (χ3v) is 7.84. The number of fused-ring (bicyclic) bond motifs is 1. The van der Waals surface area contributed by atoms with Crippen LogP contribution in [0.2, 0.25) is 0 Å². The monoisotopic (exact) mass is 480 g/mol. The minimum atomic E-state index is -0.342. The zero-order valence-electron chi connectivity index (χ0n) is 19.5. The molecule has 3 heterocycles. The van der Waals surface area contributed by atoms with Crippen molar-refractivity contribution in [3.63, 3.8) is 0 Å². The average Bonchev–Trinajstić information content (AvgIpc) is 3.61. The van der Waals surface area contributed by atoms with Gasteiger partial charge in [0.2, 0.25) is 11.9 Å². The first kappa shape index (κ1) is 22.8. The first-order chi connectivity index (χ1) is 16.5. The van der Waals surface area contributed by atoms with Crippen molar-refractivity contribution in [3.05, 3.63) is 34.6 Å². The molecule has 2 aromatic heterocycles. The van der Waals surface area contributed by atoms with Gasteiger partial charge in [0.05, 0.1) is 5.69 Å². The number of amidine groups is 1. The van der Waals surface area contributed by atoms with Gasteiger partial charge in [-0.25, -0.2) is 15.0 Å². The summed E-state index contributed by atoms with van der Waals surface area (Å²) in [5.74, 6) is 2.14. The molecule has 0 bridgehead atoms. The lowest BCUT2D eigenvalue weighted by atomic mass is 10.0. The van der Waals surface area contributed by atoms with Crippen LogP contribution >= 0.6 is 11.3 Å². The first-order valence-corrected chi connectivity index (χ1v) is 13.1. The Morgan fingerprint density at radius 3 is 2.79 bits per heavy atom. The Bertz CT molecular complexity index is 1110. The minimum Gasteiger partial charge on any atom is -0.402 e. The number of thiazole rings is 1. The lowest BCUT2D eigenvalue weighted by Crippen LogP contribution is -2.40. The van der Waals surface area contributed by atoms with Gasteiger partial charge in [-0.2, -0.15) is 4.98 Å². The second-order valence-electron chi connectivity index (χ2n) is 9.49. The predicted octanol–water partition coefficient (Wildman–Crippen LogP) is 3.61. The quantitative estimate of drug-likeness (QED) is 0.424. The van der Waals surface area contributed by atoms with Gasteiger partial charge in [-0.05, 0) is 56.4 Å². The lowest BCUT2D eigenvalue weighted by molar-refractivity contribution is -0.117. The molecule has 1 aliphatic heterocycles. The van der Waals surface area contributed by atoms with Crippen molar-refractivity contribution < 1.29 is 4.79 Å². The van der Waals surface area contributed by atoms with Gasteiger partial charge in [0.25, 0.3) is 0 Å². The molecule has 180 valence electrons. The molecule has 3 aliphatic rings. The van der Waals surface area contributed by atoms with Crippen LogP contribution in [0.4, 0.5) is 16.9 Å². The van der Waals surface area contributed by atoms with Crippen LogP contribution in [-0.2, 0) is 11.2 Å². The maximum Gasteiger partial charge on any atom is 0.248 e. The van der Waals surface area contributed by atoms with E-state index >= 15 is 0 Å². The molecule has 2 unspecified atom stereocenters. The molecule has 5 N–H and O–H groups in total. The van der Waals surface area contributed by atoms with Gasteiger partial charge in [-0.3, -0.25) is 4.79 Å². The molecule has 1 saturated heterocycles. The van der Waals surface area contributed by atoms with Gasteiger partial charge < -0.3 is 21.7 Å². The lowest BCUT2D eigenvalue weighted by Gasteiger charge is -2.24. The molecule has 2 atom stereocenters. The summed E-state index contributed by atoms with van der Waals surface area (Å²) in [6.07, 6.45) is 11.6. The number of carbonyl (C=O) groups is 1. The summed E-state index contributed by atoms with van der Waals surface area (Å²) in [5.41, 5.74) is 15.5. The molecule has 2 fully saturated rings. The van der Waals surface area contributed by atoms with E-state index in [1.54, 1.807) is 12.3 Å². The SMILES string of the molecule is CC1CCc2c(N=C(N)/C=C(\N)C3CCCC3)nc(N3CCCC3C(=O)Nc3nccs3)nc21. The fraction of sp³-hybridized carbons (Fsp3) is 0.542. The Balaban J connectivity index is 1.44. The molecule has 1 saturated carbocycles. The molecule has 34 heavy (non-hydrogen) atoms. The first-order valence-electron chi connectivity index (χ1n) is 12.2. The number of aromatic nitrogens is 3. The average molecular weight is 481 g/mol. The van der Waals surface area contributed by atoms with Crippen LogP contribution in [0.1, 0.15) is 69.0 Å². The summed E-state index contributed by atoms with van der Waals surface area (Å²) in [6.45, 7) is 2.89. The Labute approximate surface area is 203 Å². The smallest absolute Gasteiger partial charge is 0.248 e. The van der Waals surface area contributed by atoms with Crippen LogP contribution in [-0.4, -0.2) is 39.3 Å². The number of allylic oxidation sites excluding steroid dienone is 1. The Morgan fingerprint density at radius 1 is 1.21 bits per heavy atom. The van der Waals surface area contributed by atoms with Crippen LogP contribution in [0.15, 0.2) is 28.3 Å². The number of rotatable bonds is 6. The van der Waals surface area contributed by atoms with Gasteiger partial charge in [0.1, 0.15) is 11.9 Å². The van der Waals surface area contributed by atoms with Crippen molar-refractivity contribution in [2.45, 2.75) is 70.3 Å². The topological polar surface area (TPSA) is 135 Å². The van der Waals surface area contributed by atoms with E-state index in [0.29, 0.717) is 34.6 Å². The number of hydrogen-bond acceptors (Lipinski definition) is 8. The molecule has 5 rings (SSSR count). The van der Waals surface area contributed by atoms with Gasteiger partial charge in [0, 0.05) is 29.4 Å². The van der Waals surface area contributed by atoms with Gasteiger partial charge >= 0.3 is 0 Å². The van der Waals surface area contributed by atoms with Gasteiger partial charge in [-0.15, -0.1) is 11.3 Å². The van der Waals surface area contributed by atoms with E-state index in [9.17, 15) is 4.79 Å². The van der Waals surface area contributed by atoms with E-state index in [4.69, 9.17) is 26.4 Å². The molecule has 0 spiro atoms. The summed E-state index contributed by atoms with van der Waals surface area (Å²) >= 11 is 1.41. The maximum atomic E-state index is 13.0. The molecule has 1 amide bonds. The highest BCUT2D eigenvalue weighted by atomic mass is 32.1. The second kappa shape index (κ2) is 9.69. The highest BCUT2D eigenvalue weighted by Crippen LogP contribution is 2.38. The third kappa shape index (κ3) is 4.64. The molecule has 10 heteroatoms. The molecule has 0 radical (unpaired) electrons. The van der Waals surface area contributed by atoms with Crippen molar-refractivity contribution in [3.8, 4) is 0 Å². The molecular weight excluding hydrogens is 448 g/mol. The maximum absolute atomic E-state index is 13.0. The summed E-state index contributed by atoms with van der Waals surface area (Å²) in [6, 6.07) is -0.342.